The van der Waals surface area contributed by atoms with Crippen LogP contribution in [0.15, 0.2) is 15.8 Å². The summed E-state index contributed by atoms with van der Waals surface area (Å²) in [5.74, 6) is -1.69. The molecule has 1 heterocycles. The van der Waals surface area contributed by atoms with E-state index in [1.54, 1.807) is 4.98 Å². The van der Waals surface area contributed by atoms with Gasteiger partial charge in [-0.25, -0.2) is 4.79 Å². The predicted octanol–water partition coefficient (Wildman–Crippen LogP) is -0.388. The fourth-order valence-corrected chi connectivity index (χ4v) is 1.49. The molecule has 0 fully saturated rings. The minimum Gasteiger partial charge on any atom is -0.468 e. The molecule has 1 N–H and O–H groups in total. The number of H-pyrrole nitrogens is 1. The number of ether oxygens (including phenoxy) is 1. The van der Waals surface area contributed by atoms with Gasteiger partial charge >= 0.3 is 11.7 Å². The van der Waals surface area contributed by atoms with Gasteiger partial charge in [0.1, 0.15) is 4.83 Å². The second-order valence-electron chi connectivity index (χ2n) is 2.88. The van der Waals surface area contributed by atoms with Crippen molar-refractivity contribution in [3.63, 3.8) is 0 Å². The highest BCUT2D eigenvalue weighted by molar-refractivity contribution is 9.10. The summed E-state index contributed by atoms with van der Waals surface area (Å²) in [6, 6.07) is 0. The molecule has 1 aromatic rings. The fourth-order valence-electron chi connectivity index (χ4n) is 0.993. The zero-order valence-corrected chi connectivity index (χ0v) is 9.78. The maximum absolute atomic E-state index is 12.9. The Morgan fingerprint density at radius 1 is 1.69 bits per heavy atom. The monoisotopic (exact) mass is 294 g/mol. The normalized spacial score (nSPS) is 12.2. The van der Waals surface area contributed by atoms with Crippen LogP contribution in [0.3, 0.4) is 0 Å². The highest BCUT2D eigenvalue weighted by Crippen LogP contribution is 2.04. The molecule has 0 spiro atoms. The van der Waals surface area contributed by atoms with Crippen LogP contribution in [-0.2, 0) is 16.1 Å². The second-order valence-corrected chi connectivity index (χ2v) is 3.98. The minimum absolute atomic E-state index is 0.140. The number of hydrogen-bond donors (Lipinski definition) is 1. The molecule has 16 heavy (non-hydrogen) atoms. The first-order valence-corrected chi connectivity index (χ1v) is 5.08. The summed E-state index contributed by atoms with van der Waals surface area (Å²) in [4.78, 5) is 33.9. The Hall–Kier alpha value is -1.44. The van der Waals surface area contributed by atoms with Gasteiger partial charge in [0.2, 0.25) is 5.82 Å². The van der Waals surface area contributed by atoms with Crippen LogP contribution in [0.5, 0.6) is 0 Å². The van der Waals surface area contributed by atoms with Gasteiger partial charge in [-0.05, 0) is 0 Å². The van der Waals surface area contributed by atoms with Gasteiger partial charge in [-0.2, -0.15) is 4.39 Å². The number of halogens is 2. The quantitative estimate of drug-likeness (QED) is 0.608. The number of hydrogen-bond acceptors (Lipinski definition) is 4. The summed E-state index contributed by atoms with van der Waals surface area (Å²) in [6.45, 7) is -0.140. The molecule has 0 saturated carbocycles. The van der Waals surface area contributed by atoms with Crippen molar-refractivity contribution in [3.8, 4) is 0 Å². The summed E-state index contributed by atoms with van der Waals surface area (Å²) in [5.41, 5.74) is -1.88. The topological polar surface area (TPSA) is 81.2 Å². The highest BCUT2D eigenvalue weighted by Gasteiger charge is 2.17. The fraction of sp³-hybridized carbons (Fsp3) is 0.375. The van der Waals surface area contributed by atoms with Crippen LogP contribution in [0.1, 0.15) is 0 Å². The molecule has 1 atom stereocenters. The number of aromatic amines is 1. The van der Waals surface area contributed by atoms with Crippen LogP contribution >= 0.6 is 15.9 Å². The van der Waals surface area contributed by atoms with Crippen molar-refractivity contribution in [1.29, 1.82) is 0 Å². The Bertz CT molecular complexity index is 509. The summed E-state index contributed by atoms with van der Waals surface area (Å²) < 4.78 is 18.1. The number of nitrogens with zero attached hydrogens (tertiary/aromatic N) is 1. The minimum atomic E-state index is -1.09. The molecule has 0 aliphatic carbocycles. The van der Waals surface area contributed by atoms with Crippen LogP contribution in [-0.4, -0.2) is 27.5 Å². The van der Waals surface area contributed by atoms with Crippen molar-refractivity contribution in [2.24, 2.45) is 0 Å². The maximum atomic E-state index is 12.9. The highest BCUT2D eigenvalue weighted by atomic mass is 79.9. The number of carbonyl (C=O) groups is 1. The molecule has 0 bridgehead atoms. The van der Waals surface area contributed by atoms with Gasteiger partial charge < -0.3 is 4.74 Å². The Balaban J connectivity index is 2.98. The van der Waals surface area contributed by atoms with E-state index in [0.29, 0.717) is 0 Å². The zero-order valence-electron chi connectivity index (χ0n) is 8.20. The van der Waals surface area contributed by atoms with Gasteiger partial charge in [-0.15, -0.1) is 0 Å². The van der Waals surface area contributed by atoms with Crippen molar-refractivity contribution < 1.29 is 13.9 Å². The van der Waals surface area contributed by atoms with Crippen LogP contribution in [0.25, 0.3) is 0 Å². The molecule has 0 amide bonds. The average Bonchev–Trinajstić information content (AvgIpc) is 2.24. The lowest BCUT2D eigenvalue weighted by Gasteiger charge is -2.09. The number of methoxy groups -OCH3 is 1. The van der Waals surface area contributed by atoms with E-state index < -0.39 is 27.9 Å². The van der Waals surface area contributed by atoms with Crippen LogP contribution < -0.4 is 11.2 Å². The third-order valence-corrected chi connectivity index (χ3v) is 2.44. The van der Waals surface area contributed by atoms with Crippen LogP contribution in [0.2, 0.25) is 0 Å². The summed E-state index contributed by atoms with van der Waals surface area (Å²) in [7, 11) is 1.19. The first-order chi connectivity index (χ1) is 7.45. The first kappa shape index (κ1) is 12.6. The van der Waals surface area contributed by atoms with Gasteiger partial charge in [-0.1, -0.05) is 15.9 Å². The largest absolute Gasteiger partial charge is 0.468 e. The van der Waals surface area contributed by atoms with E-state index in [4.69, 9.17) is 0 Å². The lowest BCUT2D eigenvalue weighted by atomic mass is 10.4. The van der Waals surface area contributed by atoms with Crippen LogP contribution in [0, 0.1) is 5.82 Å². The molecule has 0 saturated heterocycles. The second kappa shape index (κ2) is 5.06. The smallest absolute Gasteiger partial charge is 0.328 e. The molecule has 0 radical (unpaired) electrons. The van der Waals surface area contributed by atoms with E-state index in [9.17, 15) is 18.8 Å². The Morgan fingerprint density at radius 3 is 2.88 bits per heavy atom. The molecule has 1 unspecified atom stereocenters. The van der Waals surface area contributed by atoms with Gasteiger partial charge in [0.05, 0.1) is 19.9 Å². The Morgan fingerprint density at radius 2 is 2.31 bits per heavy atom. The number of nitrogens with one attached hydrogen (secondary N) is 1. The third kappa shape index (κ3) is 2.78. The molecule has 8 heteroatoms. The average molecular weight is 295 g/mol. The molecular weight excluding hydrogens is 287 g/mol. The van der Waals surface area contributed by atoms with Crippen molar-refractivity contribution in [2.45, 2.75) is 11.4 Å². The van der Waals surface area contributed by atoms with Gasteiger partial charge in [-0.3, -0.25) is 19.1 Å². The Kier molecular flexibility index (Phi) is 3.99. The standard InChI is InChI=1S/C8H8BrFN2O4/c1-16-7(14)4(9)2-12-3-5(10)6(13)11-8(12)15/h3-4H,2H2,1H3,(H,11,13,15). The van der Waals surface area contributed by atoms with Gasteiger partial charge in [0, 0.05) is 0 Å². The molecule has 0 aliphatic rings. The van der Waals surface area contributed by atoms with E-state index in [0.717, 1.165) is 10.8 Å². The lowest BCUT2D eigenvalue weighted by molar-refractivity contribution is -0.140. The number of rotatable bonds is 3. The van der Waals surface area contributed by atoms with Gasteiger partial charge in [0.15, 0.2) is 0 Å². The summed E-state index contributed by atoms with van der Waals surface area (Å²) >= 11 is 2.97. The number of alkyl halides is 1. The summed E-state index contributed by atoms with van der Waals surface area (Å²) in [5, 5.41) is 0. The molecule has 0 aromatic carbocycles. The van der Waals surface area contributed by atoms with Crippen molar-refractivity contribution in [1.82, 2.24) is 9.55 Å². The number of esters is 1. The maximum Gasteiger partial charge on any atom is 0.328 e. The van der Waals surface area contributed by atoms with E-state index >= 15 is 0 Å². The molecule has 6 nitrogen and oxygen atoms in total. The SMILES string of the molecule is COC(=O)C(Br)Cn1cc(F)c(=O)[nH]c1=O. The third-order valence-electron chi connectivity index (χ3n) is 1.78. The molecule has 1 aromatic heterocycles. The van der Waals surface area contributed by atoms with Crippen molar-refractivity contribution in [3.05, 3.63) is 32.9 Å². The van der Waals surface area contributed by atoms with Gasteiger partial charge in [0.25, 0.3) is 5.56 Å². The number of aromatic nitrogens is 2. The predicted molar refractivity (Wildman–Crippen MR) is 56.0 cm³/mol. The van der Waals surface area contributed by atoms with E-state index in [1.807, 2.05) is 0 Å². The Labute approximate surface area is 97.2 Å². The van der Waals surface area contributed by atoms with Crippen molar-refractivity contribution >= 4 is 21.9 Å². The lowest BCUT2D eigenvalue weighted by Crippen LogP contribution is -2.35. The summed E-state index contributed by atoms with van der Waals surface area (Å²) in [6.07, 6.45) is 0.734. The van der Waals surface area contributed by atoms with Crippen LogP contribution in [0.4, 0.5) is 4.39 Å². The molecule has 1 rings (SSSR count). The number of carbonyl (C=O) groups excluding carboxylic acids is 1. The molecule has 88 valence electrons. The zero-order chi connectivity index (χ0) is 12.3. The van der Waals surface area contributed by atoms with E-state index in [2.05, 4.69) is 20.7 Å². The molecular formula is C8H8BrFN2O4. The van der Waals surface area contributed by atoms with Crippen molar-refractivity contribution in [2.75, 3.05) is 7.11 Å². The van der Waals surface area contributed by atoms with E-state index in [-0.39, 0.29) is 6.54 Å². The first-order valence-electron chi connectivity index (χ1n) is 4.17. The molecule has 0 aliphatic heterocycles. The van der Waals surface area contributed by atoms with E-state index in [1.165, 1.54) is 7.11 Å².